The fourth-order valence-electron chi connectivity index (χ4n) is 8.57. The lowest BCUT2D eigenvalue weighted by Gasteiger charge is -2.27. The van der Waals surface area contributed by atoms with Crippen molar-refractivity contribution in [1.29, 1.82) is 0 Å². The van der Waals surface area contributed by atoms with E-state index in [0.29, 0.717) is 53.4 Å². The minimum atomic E-state index is -4.36. The number of H-pyrrole nitrogens is 1. The minimum Gasteiger partial charge on any atom is -0.494 e. The quantitative estimate of drug-likeness (QED) is 0.0441. The molecule has 0 radical (unpaired) electrons. The Morgan fingerprint density at radius 1 is 0.897 bits per heavy atom. The molecule has 1 fully saturated rings. The number of ether oxygens (including phenoxy) is 2. The molecule has 4 heterocycles. The van der Waals surface area contributed by atoms with E-state index >= 15 is 0 Å². The Bertz CT molecular complexity index is 2910. The summed E-state index contributed by atoms with van der Waals surface area (Å²) in [6.07, 6.45) is 1.44. The molecule has 21 heteroatoms. The molecule has 1 saturated heterocycles. The maximum atomic E-state index is 13.8. The summed E-state index contributed by atoms with van der Waals surface area (Å²) >= 11 is 6.34. The molecule has 68 heavy (non-hydrogen) atoms. The highest BCUT2D eigenvalue weighted by Crippen LogP contribution is 2.36. The smallest absolute Gasteiger partial charge is 0.301 e. The van der Waals surface area contributed by atoms with Gasteiger partial charge in [-0.05, 0) is 94.3 Å². The molecule has 19 nitrogen and oxygen atoms in total. The van der Waals surface area contributed by atoms with Crippen LogP contribution in [0.4, 0.5) is 5.69 Å². The Morgan fingerprint density at radius 3 is 2.35 bits per heavy atom. The van der Waals surface area contributed by atoms with Crippen LogP contribution in [0.1, 0.15) is 91.4 Å². The molecule has 3 aromatic carbocycles. The summed E-state index contributed by atoms with van der Waals surface area (Å²) in [4.78, 5) is 80.9. The molecule has 2 aliphatic rings. The van der Waals surface area contributed by atoms with E-state index in [1.807, 2.05) is 65.1 Å². The largest absolute Gasteiger partial charge is 0.494 e. The van der Waals surface area contributed by atoms with Gasteiger partial charge < -0.3 is 25.1 Å². The number of nitrogens with zero attached hydrogens (tertiary/aromatic N) is 3. The number of carbonyl (C=O) groups excluding carboxylic acids is 6. The number of hydrogen-bond donors (Lipinski definition) is 6. The molecule has 0 saturated carbocycles. The predicted molar refractivity (Wildman–Crippen MR) is 254 cm³/mol. The van der Waals surface area contributed by atoms with E-state index in [4.69, 9.17) is 21.1 Å². The molecule has 360 valence electrons. The van der Waals surface area contributed by atoms with Crippen LogP contribution in [-0.2, 0) is 42.8 Å². The maximum absolute atomic E-state index is 13.8. The molecule has 0 bridgehead atoms. The van der Waals surface area contributed by atoms with Gasteiger partial charge in [-0.3, -0.25) is 43.7 Å². The number of fused-ring (bicyclic) bond motifs is 2. The second-order valence-corrected chi connectivity index (χ2v) is 18.6. The number of piperidine rings is 1. The summed E-state index contributed by atoms with van der Waals surface area (Å²) in [5.41, 5.74) is 7.32. The Hall–Kier alpha value is -6.61. The van der Waals surface area contributed by atoms with E-state index < -0.39 is 45.8 Å². The first-order chi connectivity index (χ1) is 32.5. The summed E-state index contributed by atoms with van der Waals surface area (Å²) < 4.78 is 44.2. The van der Waals surface area contributed by atoms with E-state index in [2.05, 4.69) is 35.5 Å². The normalized spacial score (nSPS) is 14.9. The molecular weight excluding hydrogens is 918 g/mol. The van der Waals surface area contributed by atoms with Gasteiger partial charge in [0, 0.05) is 79.0 Å². The maximum Gasteiger partial charge on any atom is 0.301 e. The van der Waals surface area contributed by atoms with E-state index in [9.17, 15) is 37.2 Å². The topological polar surface area (TPSA) is 252 Å². The number of halogens is 1. The van der Waals surface area contributed by atoms with Crippen LogP contribution in [0.2, 0.25) is 5.02 Å². The molecule has 5 aromatic rings. The average molecular weight is 973 g/mol. The van der Waals surface area contributed by atoms with Gasteiger partial charge in [0.2, 0.25) is 17.7 Å². The van der Waals surface area contributed by atoms with Gasteiger partial charge in [0.15, 0.2) is 0 Å². The summed E-state index contributed by atoms with van der Waals surface area (Å²) in [5.74, 6) is -2.88. The van der Waals surface area contributed by atoms with Crippen molar-refractivity contribution in [3.05, 3.63) is 98.5 Å². The number of anilines is 1. The number of imide groups is 2. The van der Waals surface area contributed by atoms with Crippen LogP contribution in [0, 0.1) is 27.7 Å². The lowest BCUT2D eigenvalue weighted by atomic mass is 9.98. The standard InChI is InChI=1S/C47H54ClN9O10S/c1-26-24-30(25-27(2)41(26)48)67-22-8-13-32-31-10-6-11-33(39-28(3)54-56(5)29(39)4)42(31)53-43(32)45(61)55-68(64,65)51-19-18-50-37(58)15-9-21-66-23-20-49-35-14-7-12-34-40(35)47(63)57(46(34)62)36-16-17-38(59)52-44(36)60/h6-7,10-12,14,24-25,36,49,51,53H,8-9,13,15-23H2,1-5H3,(H,50,58)(H,55,61)(H,52,59,60). The first-order valence-electron chi connectivity index (χ1n) is 22.2. The molecule has 0 spiro atoms. The number of benzene rings is 3. The Morgan fingerprint density at radius 2 is 1.63 bits per heavy atom. The summed E-state index contributed by atoms with van der Waals surface area (Å²) in [5, 5.41) is 13.9. The molecule has 6 N–H and O–H groups in total. The molecular formula is C47H54ClN9O10S. The number of aryl methyl sites for hydroxylation is 5. The molecule has 1 unspecified atom stereocenters. The van der Waals surface area contributed by atoms with Crippen LogP contribution in [-0.4, -0.2) is 109 Å². The van der Waals surface area contributed by atoms with Gasteiger partial charge in [0.1, 0.15) is 17.5 Å². The Labute approximate surface area is 398 Å². The summed E-state index contributed by atoms with van der Waals surface area (Å²) in [7, 11) is -2.50. The van der Waals surface area contributed by atoms with Gasteiger partial charge in [-0.1, -0.05) is 35.9 Å². The van der Waals surface area contributed by atoms with Gasteiger partial charge in [-0.2, -0.15) is 18.2 Å². The van der Waals surface area contributed by atoms with E-state index in [1.165, 1.54) is 6.07 Å². The molecule has 0 aliphatic carbocycles. The lowest BCUT2D eigenvalue weighted by Crippen LogP contribution is -2.54. The van der Waals surface area contributed by atoms with Crippen LogP contribution in [0.15, 0.2) is 48.5 Å². The third kappa shape index (κ3) is 10.9. The zero-order valence-electron chi connectivity index (χ0n) is 38.4. The number of hydrogen-bond acceptors (Lipinski definition) is 12. The minimum absolute atomic E-state index is 0.0203. The van der Waals surface area contributed by atoms with Crippen molar-refractivity contribution in [3.63, 3.8) is 0 Å². The van der Waals surface area contributed by atoms with E-state index in [0.717, 1.165) is 43.9 Å². The highest BCUT2D eigenvalue weighted by atomic mass is 35.5. The SMILES string of the molecule is Cc1cc(OCCCc2c(C(=O)NS(=O)(=O)NCCNC(=O)CCCOCCNc3cccc4c3C(=O)N(C3CCC(=O)NC3=O)C4=O)[nH]c3c(-c4c(C)nn(C)c4C)cccc23)cc(C)c1Cl. The molecule has 7 rings (SSSR count). The van der Waals surface area contributed by atoms with Crippen LogP contribution in [0.3, 0.4) is 0 Å². The number of amides is 6. The zero-order valence-corrected chi connectivity index (χ0v) is 40.0. The van der Waals surface area contributed by atoms with Crippen molar-refractivity contribution in [1.82, 2.24) is 39.7 Å². The van der Waals surface area contributed by atoms with Gasteiger partial charge in [-0.15, -0.1) is 0 Å². The number of rotatable bonds is 21. The van der Waals surface area contributed by atoms with Crippen molar-refractivity contribution in [2.24, 2.45) is 7.05 Å². The predicted octanol–water partition coefficient (Wildman–Crippen LogP) is 4.46. The van der Waals surface area contributed by atoms with Crippen LogP contribution >= 0.6 is 11.6 Å². The second kappa shape index (κ2) is 21.1. The van der Waals surface area contributed by atoms with Gasteiger partial charge in [-0.25, -0.2) is 4.72 Å². The number of carbonyl (C=O) groups is 6. The fourth-order valence-corrected chi connectivity index (χ4v) is 9.47. The zero-order chi connectivity index (χ0) is 48.9. The third-order valence-corrected chi connectivity index (χ3v) is 13.5. The van der Waals surface area contributed by atoms with Crippen LogP contribution in [0.5, 0.6) is 5.75 Å². The molecule has 6 amide bonds. The first kappa shape index (κ1) is 49.3. The first-order valence-corrected chi connectivity index (χ1v) is 24.1. The second-order valence-electron chi connectivity index (χ2n) is 16.7. The monoisotopic (exact) mass is 971 g/mol. The van der Waals surface area contributed by atoms with Crippen molar-refractivity contribution < 1.29 is 46.7 Å². The number of aromatic nitrogens is 3. The highest BCUT2D eigenvalue weighted by Gasteiger charge is 2.45. The van der Waals surface area contributed by atoms with E-state index in [-0.39, 0.29) is 74.8 Å². The third-order valence-electron chi connectivity index (χ3n) is 11.9. The van der Waals surface area contributed by atoms with Crippen molar-refractivity contribution in [3.8, 4) is 16.9 Å². The van der Waals surface area contributed by atoms with Crippen LogP contribution < -0.4 is 30.1 Å². The van der Waals surface area contributed by atoms with Crippen LogP contribution in [0.25, 0.3) is 22.0 Å². The summed E-state index contributed by atoms with van der Waals surface area (Å²) in [6.45, 7) is 8.48. The molecule has 2 aliphatic heterocycles. The Kier molecular flexibility index (Phi) is 15.3. The summed E-state index contributed by atoms with van der Waals surface area (Å²) in [6, 6.07) is 13.1. The molecule has 1 atom stereocenters. The lowest BCUT2D eigenvalue weighted by molar-refractivity contribution is -0.136. The van der Waals surface area contributed by atoms with Crippen molar-refractivity contribution >= 4 is 73.8 Å². The van der Waals surface area contributed by atoms with Gasteiger partial charge in [0.25, 0.3) is 17.7 Å². The highest BCUT2D eigenvalue weighted by molar-refractivity contribution is 7.88. The van der Waals surface area contributed by atoms with Crippen molar-refractivity contribution in [2.75, 3.05) is 44.8 Å². The van der Waals surface area contributed by atoms with E-state index in [1.54, 1.807) is 16.8 Å². The van der Waals surface area contributed by atoms with Crippen molar-refractivity contribution in [2.45, 2.75) is 72.3 Å². The van der Waals surface area contributed by atoms with Gasteiger partial charge in [0.05, 0.1) is 35.6 Å². The fraction of sp³-hybridized carbons (Fsp3) is 0.383. The Balaban J connectivity index is 0.867. The number of nitrogens with one attached hydrogen (secondary N) is 6. The number of aromatic amines is 1. The van der Waals surface area contributed by atoms with Gasteiger partial charge >= 0.3 is 10.2 Å². The number of para-hydroxylation sites is 1. The average Bonchev–Trinajstić information content (AvgIpc) is 3.88. The molecule has 2 aromatic heterocycles.